The first-order valence-electron chi connectivity index (χ1n) is 7.50. The maximum atomic E-state index is 12.3. The molecule has 1 aliphatic rings. The lowest BCUT2D eigenvalue weighted by molar-refractivity contribution is -0.121. The Labute approximate surface area is 143 Å². The van der Waals surface area contributed by atoms with Crippen LogP contribution in [0.4, 0.5) is 5.69 Å². The molecule has 0 bridgehead atoms. The molecule has 122 valence electrons. The zero-order valence-corrected chi connectivity index (χ0v) is 14.2. The molecule has 1 aliphatic heterocycles. The molecule has 2 aromatic rings. The van der Waals surface area contributed by atoms with Gasteiger partial charge in [-0.2, -0.15) is 5.26 Å². The van der Waals surface area contributed by atoms with Crippen LogP contribution in [0.2, 0.25) is 0 Å². The fourth-order valence-electron chi connectivity index (χ4n) is 2.75. The number of Topliss-reactive ketones (excluding diaryl/α,β-unsaturated/α-hetero) is 1. The maximum Gasteiger partial charge on any atom is 0.245 e. The van der Waals surface area contributed by atoms with Crippen LogP contribution in [0.25, 0.3) is 10.6 Å². The highest BCUT2D eigenvalue weighted by atomic mass is 32.1. The third-order valence-corrected chi connectivity index (χ3v) is 5.00. The smallest absolute Gasteiger partial charge is 0.245 e. The number of nitrogens with one attached hydrogen (secondary N) is 1. The monoisotopic (exact) mass is 340 g/mol. The van der Waals surface area contributed by atoms with Crippen molar-refractivity contribution in [1.82, 2.24) is 10.3 Å². The fraction of sp³-hybridized carbons (Fsp3) is 0.294. The summed E-state index contributed by atoms with van der Waals surface area (Å²) in [4.78, 5) is 30.5. The summed E-state index contributed by atoms with van der Waals surface area (Å²) in [5.41, 5.74) is 3.58. The largest absolute Gasteiger partial charge is 0.374 e. The first kappa shape index (κ1) is 16.1. The number of benzene rings is 1. The number of ketones is 1. The number of thiazole rings is 1. The third-order valence-electron chi connectivity index (χ3n) is 4.11. The van der Waals surface area contributed by atoms with Crippen molar-refractivity contribution in [2.75, 3.05) is 25.5 Å². The summed E-state index contributed by atoms with van der Waals surface area (Å²) < 4.78 is 0. The minimum Gasteiger partial charge on any atom is -0.374 e. The van der Waals surface area contributed by atoms with E-state index < -0.39 is 17.6 Å². The van der Waals surface area contributed by atoms with E-state index in [-0.39, 0.29) is 5.69 Å². The molecule has 1 aromatic carbocycles. The van der Waals surface area contributed by atoms with E-state index in [1.807, 2.05) is 6.07 Å². The van der Waals surface area contributed by atoms with Gasteiger partial charge in [-0.15, -0.1) is 11.3 Å². The van der Waals surface area contributed by atoms with Gasteiger partial charge in [0.05, 0.1) is 6.07 Å². The molecule has 1 N–H and O–H groups in total. The topological polar surface area (TPSA) is 86.1 Å². The minimum absolute atomic E-state index is 0.155. The van der Waals surface area contributed by atoms with Crippen LogP contribution in [0.15, 0.2) is 23.6 Å². The summed E-state index contributed by atoms with van der Waals surface area (Å²) in [5.74, 6) is -2.54. The van der Waals surface area contributed by atoms with Gasteiger partial charge in [0, 0.05) is 37.3 Å². The lowest BCUT2D eigenvalue weighted by Crippen LogP contribution is -2.32. The highest BCUT2D eigenvalue weighted by Gasteiger charge is 2.28. The van der Waals surface area contributed by atoms with E-state index in [0.717, 1.165) is 18.5 Å². The number of fused-ring (bicyclic) bond motifs is 1. The Morgan fingerprint density at radius 2 is 2.25 bits per heavy atom. The van der Waals surface area contributed by atoms with E-state index in [4.69, 9.17) is 5.26 Å². The number of likely N-dealkylation sites (N-methyl/N-ethyl adjacent to an activating group) is 1. The summed E-state index contributed by atoms with van der Waals surface area (Å²) in [7, 11) is 3.46. The standard InChI is InChI=1S/C17H16N4O2S/c1-19-16(23)12(8-18)15(22)13-9-24-17(20-13)11-3-4-14-10(7-11)5-6-21(14)2/h3-4,7,9,12H,5-6H2,1-2H3,(H,19,23)/t12-/m0/s1. The molecule has 0 spiro atoms. The normalized spacial score (nSPS) is 14.0. The Morgan fingerprint density at radius 1 is 1.46 bits per heavy atom. The van der Waals surface area contributed by atoms with E-state index in [9.17, 15) is 9.59 Å². The van der Waals surface area contributed by atoms with Crippen molar-refractivity contribution in [2.45, 2.75) is 6.42 Å². The Bertz CT molecular complexity index is 853. The summed E-state index contributed by atoms with van der Waals surface area (Å²) in [6.45, 7) is 0.996. The van der Waals surface area contributed by atoms with Crippen LogP contribution < -0.4 is 10.2 Å². The number of carbonyl (C=O) groups excluding carboxylic acids is 2. The van der Waals surface area contributed by atoms with Gasteiger partial charge < -0.3 is 10.2 Å². The van der Waals surface area contributed by atoms with Crippen LogP contribution in [0.1, 0.15) is 16.1 Å². The number of rotatable bonds is 4. The molecule has 3 rings (SSSR count). The van der Waals surface area contributed by atoms with Crippen LogP contribution in [-0.4, -0.2) is 37.3 Å². The quantitative estimate of drug-likeness (QED) is 0.678. The molecule has 6 nitrogen and oxygen atoms in total. The summed E-state index contributed by atoms with van der Waals surface area (Å²) in [6, 6.07) is 7.87. The molecule has 0 aliphatic carbocycles. The Balaban J connectivity index is 1.87. The zero-order chi connectivity index (χ0) is 17.3. The number of aromatic nitrogens is 1. The van der Waals surface area contributed by atoms with Gasteiger partial charge in [-0.25, -0.2) is 4.98 Å². The van der Waals surface area contributed by atoms with Crippen LogP contribution in [-0.2, 0) is 11.2 Å². The van der Waals surface area contributed by atoms with Crippen molar-refractivity contribution >= 4 is 28.7 Å². The number of anilines is 1. The second kappa shape index (κ2) is 6.42. The van der Waals surface area contributed by atoms with Gasteiger partial charge in [-0.05, 0) is 30.2 Å². The molecule has 0 saturated carbocycles. The molecule has 1 aromatic heterocycles. The third kappa shape index (κ3) is 2.76. The SMILES string of the molecule is CNC(=O)[C@@H](C#N)C(=O)c1csc(-c2ccc3c(c2)CCN3C)n1. The number of nitriles is 1. The summed E-state index contributed by atoms with van der Waals surface area (Å²) in [6.07, 6.45) is 0.990. The lowest BCUT2D eigenvalue weighted by Gasteiger charge is -2.11. The average molecular weight is 340 g/mol. The molecule has 0 fully saturated rings. The number of hydrogen-bond donors (Lipinski definition) is 1. The van der Waals surface area contributed by atoms with Gasteiger partial charge in [0.15, 0.2) is 5.92 Å². The van der Waals surface area contributed by atoms with Crippen molar-refractivity contribution in [3.8, 4) is 16.6 Å². The van der Waals surface area contributed by atoms with Crippen LogP contribution in [0.5, 0.6) is 0 Å². The predicted molar refractivity (Wildman–Crippen MR) is 92.0 cm³/mol. The van der Waals surface area contributed by atoms with E-state index in [1.54, 1.807) is 11.4 Å². The molecular formula is C17H16N4O2S. The number of amides is 1. The van der Waals surface area contributed by atoms with Crippen LogP contribution in [0.3, 0.4) is 0 Å². The van der Waals surface area contributed by atoms with E-state index in [1.165, 1.54) is 29.6 Å². The van der Waals surface area contributed by atoms with E-state index >= 15 is 0 Å². The lowest BCUT2D eigenvalue weighted by atomic mass is 10.0. The van der Waals surface area contributed by atoms with Crippen molar-refractivity contribution in [1.29, 1.82) is 5.26 Å². The van der Waals surface area contributed by atoms with Crippen molar-refractivity contribution < 1.29 is 9.59 Å². The van der Waals surface area contributed by atoms with Gasteiger partial charge in [0.25, 0.3) is 0 Å². The molecule has 1 amide bonds. The molecule has 24 heavy (non-hydrogen) atoms. The molecule has 1 atom stereocenters. The second-order valence-electron chi connectivity index (χ2n) is 5.59. The second-order valence-corrected chi connectivity index (χ2v) is 6.45. The average Bonchev–Trinajstić information content (AvgIpc) is 3.22. The number of nitrogens with zero attached hydrogens (tertiary/aromatic N) is 3. The van der Waals surface area contributed by atoms with E-state index in [0.29, 0.717) is 5.01 Å². The Kier molecular flexibility index (Phi) is 4.32. The van der Waals surface area contributed by atoms with Crippen molar-refractivity contribution in [3.63, 3.8) is 0 Å². The Hall–Kier alpha value is -2.72. The molecule has 0 saturated heterocycles. The minimum atomic E-state index is -1.36. The Morgan fingerprint density at radius 3 is 2.96 bits per heavy atom. The molecule has 0 radical (unpaired) electrons. The van der Waals surface area contributed by atoms with Crippen LogP contribution >= 0.6 is 11.3 Å². The molecule has 2 heterocycles. The highest BCUT2D eigenvalue weighted by molar-refractivity contribution is 7.13. The van der Waals surface area contributed by atoms with Crippen molar-refractivity contribution in [3.05, 3.63) is 34.8 Å². The zero-order valence-electron chi connectivity index (χ0n) is 13.4. The van der Waals surface area contributed by atoms with Gasteiger partial charge in [-0.1, -0.05) is 0 Å². The highest BCUT2D eigenvalue weighted by Crippen LogP contribution is 2.32. The number of carbonyl (C=O) groups is 2. The predicted octanol–water partition coefficient (Wildman–Crippen LogP) is 1.87. The van der Waals surface area contributed by atoms with Gasteiger partial charge >= 0.3 is 0 Å². The number of hydrogen-bond acceptors (Lipinski definition) is 6. The van der Waals surface area contributed by atoms with Crippen LogP contribution in [0, 0.1) is 17.2 Å². The van der Waals surface area contributed by atoms with Gasteiger partial charge in [0.2, 0.25) is 11.7 Å². The van der Waals surface area contributed by atoms with Gasteiger partial charge in [0.1, 0.15) is 10.7 Å². The van der Waals surface area contributed by atoms with Crippen molar-refractivity contribution in [2.24, 2.45) is 5.92 Å². The first-order chi connectivity index (χ1) is 11.5. The van der Waals surface area contributed by atoms with E-state index in [2.05, 4.69) is 34.4 Å². The molecule has 0 unspecified atom stereocenters. The van der Waals surface area contributed by atoms with Gasteiger partial charge in [-0.3, -0.25) is 9.59 Å². The fourth-order valence-corrected chi connectivity index (χ4v) is 3.55. The molecular weight excluding hydrogens is 324 g/mol. The maximum absolute atomic E-state index is 12.3. The summed E-state index contributed by atoms with van der Waals surface area (Å²) >= 11 is 1.34. The first-order valence-corrected chi connectivity index (χ1v) is 8.38. The summed E-state index contributed by atoms with van der Waals surface area (Å²) in [5, 5.41) is 13.7. The molecule has 7 heteroatoms.